The third-order valence-corrected chi connectivity index (χ3v) is 4.19. The van der Waals surface area contributed by atoms with Gasteiger partial charge in [-0.25, -0.2) is 0 Å². The first-order valence-corrected chi connectivity index (χ1v) is 8.54. The summed E-state index contributed by atoms with van der Waals surface area (Å²) in [5.41, 5.74) is 0.739. The van der Waals surface area contributed by atoms with Crippen LogP contribution in [0.15, 0.2) is 18.2 Å². The summed E-state index contributed by atoms with van der Waals surface area (Å²) in [7, 11) is 0. The van der Waals surface area contributed by atoms with Gasteiger partial charge >= 0.3 is 11.8 Å². The second-order valence-electron chi connectivity index (χ2n) is 7.46. The summed E-state index contributed by atoms with van der Waals surface area (Å²) in [6, 6.07) is 5.95. The Morgan fingerprint density at radius 1 is 1.08 bits per heavy atom. The normalized spacial score (nSPS) is 17.5. The number of nitrogens with one attached hydrogen (secondary N) is 1. The molecule has 2 aliphatic rings. The number of ether oxygens (including phenoxy) is 2. The Hall–Kier alpha value is -2.28. The van der Waals surface area contributed by atoms with E-state index in [1.54, 1.807) is 4.90 Å². The van der Waals surface area contributed by atoms with Crippen molar-refractivity contribution in [3.05, 3.63) is 23.8 Å². The van der Waals surface area contributed by atoms with Gasteiger partial charge in [-0.15, -0.1) is 0 Å². The number of amides is 2. The van der Waals surface area contributed by atoms with Gasteiger partial charge in [-0.2, -0.15) is 0 Å². The minimum absolute atomic E-state index is 0.274. The van der Waals surface area contributed by atoms with Gasteiger partial charge < -0.3 is 19.7 Å². The second-order valence-corrected chi connectivity index (χ2v) is 7.46. The lowest BCUT2D eigenvalue weighted by Gasteiger charge is -2.34. The fraction of sp³-hybridized carbons (Fsp3) is 0.556. The average molecular weight is 347 g/mol. The smallest absolute Gasteiger partial charge is 0.311 e. The SMILES string of the molecule is CC(C)(C)NC(=O)C(=O)N1CCN(Cc2ccc3c(c2)OCO3)CC1. The molecule has 7 nitrogen and oxygen atoms in total. The predicted molar refractivity (Wildman–Crippen MR) is 92.3 cm³/mol. The number of carbonyl (C=O) groups is 2. The van der Waals surface area contributed by atoms with Crippen molar-refractivity contribution in [2.45, 2.75) is 32.9 Å². The van der Waals surface area contributed by atoms with E-state index >= 15 is 0 Å². The molecule has 1 N–H and O–H groups in total. The molecule has 0 spiro atoms. The molecular weight excluding hydrogens is 322 g/mol. The highest BCUT2D eigenvalue weighted by atomic mass is 16.7. The molecule has 1 saturated heterocycles. The van der Waals surface area contributed by atoms with Crippen LogP contribution in [-0.4, -0.2) is 60.1 Å². The topological polar surface area (TPSA) is 71.1 Å². The predicted octanol–water partition coefficient (Wildman–Crippen LogP) is 0.974. The van der Waals surface area contributed by atoms with Crippen LogP contribution >= 0.6 is 0 Å². The lowest BCUT2D eigenvalue weighted by atomic mass is 10.1. The highest BCUT2D eigenvalue weighted by Gasteiger charge is 2.28. The number of nitrogens with zero attached hydrogens (tertiary/aromatic N) is 2. The van der Waals surface area contributed by atoms with Crippen LogP contribution in [0.25, 0.3) is 0 Å². The van der Waals surface area contributed by atoms with Crippen molar-refractivity contribution in [1.82, 2.24) is 15.1 Å². The van der Waals surface area contributed by atoms with Gasteiger partial charge in [0.05, 0.1) is 0 Å². The van der Waals surface area contributed by atoms with E-state index in [9.17, 15) is 9.59 Å². The molecule has 136 valence electrons. The summed E-state index contributed by atoms with van der Waals surface area (Å²) in [6.45, 7) is 9.24. The Morgan fingerprint density at radius 2 is 1.76 bits per heavy atom. The van der Waals surface area contributed by atoms with Crippen LogP contribution in [0.4, 0.5) is 0 Å². The fourth-order valence-corrected chi connectivity index (χ4v) is 2.94. The quantitative estimate of drug-likeness (QED) is 0.808. The van der Waals surface area contributed by atoms with Crippen molar-refractivity contribution in [2.24, 2.45) is 0 Å². The van der Waals surface area contributed by atoms with Crippen molar-refractivity contribution in [1.29, 1.82) is 0 Å². The van der Waals surface area contributed by atoms with Crippen molar-refractivity contribution >= 4 is 11.8 Å². The van der Waals surface area contributed by atoms with E-state index in [1.165, 1.54) is 0 Å². The van der Waals surface area contributed by atoms with Gasteiger partial charge in [0.1, 0.15) is 0 Å². The highest BCUT2D eigenvalue weighted by Crippen LogP contribution is 2.32. The summed E-state index contributed by atoms with van der Waals surface area (Å²) in [6.07, 6.45) is 0. The molecule has 25 heavy (non-hydrogen) atoms. The number of benzene rings is 1. The first kappa shape index (κ1) is 17.5. The molecule has 2 heterocycles. The van der Waals surface area contributed by atoms with E-state index in [2.05, 4.69) is 10.2 Å². The van der Waals surface area contributed by atoms with E-state index in [0.717, 1.165) is 36.7 Å². The average Bonchev–Trinajstić information content (AvgIpc) is 3.01. The molecule has 1 fully saturated rings. The van der Waals surface area contributed by atoms with Crippen LogP contribution in [0.3, 0.4) is 0 Å². The van der Waals surface area contributed by atoms with Crippen LogP contribution in [0.1, 0.15) is 26.3 Å². The largest absolute Gasteiger partial charge is 0.454 e. The maximum Gasteiger partial charge on any atom is 0.311 e. The molecule has 0 radical (unpaired) electrons. The Balaban J connectivity index is 1.50. The zero-order valence-electron chi connectivity index (χ0n) is 15.0. The molecule has 3 rings (SSSR count). The van der Waals surface area contributed by atoms with Crippen LogP contribution in [0.2, 0.25) is 0 Å². The molecule has 2 amide bonds. The van der Waals surface area contributed by atoms with Crippen molar-refractivity contribution in [2.75, 3.05) is 33.0 Å². The summed E-state index contributed by atoms with van der Waals surface area (Å²) in [5, 5.41) is 2.72. The Morgan fingerprint density at radius 3 is 2.44 bits per heavy atom. The van der Waals surface area contributed by atoms with Gasteiger partial charge in [-0.05, 0) is 38.5 Å². The van der Waals surface area contributed by atoms with E-state index in [-0.39, 0.29) is 6.79 Å². The molecule has 1 aromatic rings. The van der Waals surface area contributed by atoms with Crippen molar-refractivity contribution in [3.8, 4) is 11.5 Å². The maximum atomic E-state index is 12.2. The number of piperazine rings is 1. The summed E-state index contributed by atoms with van der Waals surface area (Å²) in [5.74, 6) is 0.587. The molecule has 0 aromatic heterocycles. The summed E-state index contributed by atoms with van der Waals surface area (Å²) >= 11 is 0. The van der Waals surface area contributed by atoms with Gasteiger partial charge in [0.2, 0.25) is 6.79 Å². The molecule has 0 atom stereocenters. The Bertz CT molecular complexity index is 661. The number of fused-ring (bicyclic) bond motifs is 1. The fourth-order valence-electron chi connectivity index (χ4n) is 2.94. The Kier molecular flexibility index (Phi) is 4.85. The van der Waals surface area contributed by atoms with Crippen LogP contribution in [0.5, 0.6) is 11.5 Å². The first-order chi connectivity index (χ1) is 11.8. The molecule has 0 saturated carbocycles. The van der Waals surface area contributed by atoms with E-state index in [4.69, 9.17) is 9.47 Å². The van der Waals surface area contributed by atoms with Crippen molar-refractivity contribution < 1.29 is 19.1 Å². The maximum absolute atomic E-state index is 12.2. The standard InChI is InChI=1S/C18H25N3O4/c1-18(2,3)19-16(22)17(23)21-8-6-20(7-9-21)11-13-4-5-14-15(10-13)25-12-24-14/h4-5,10H,6-9,11-12H2,1-3H3,(H,19,22). The van der Waals surface area contributed by atoms with Crippen LogP contribution < -0.4 is 14.8 Å². The van der Waals surface area contributed by atoms with Crippen molar-refractivity contribution in [3.63, 3.8) is 0 Å². The monoisotopic (exact) mass is 347 g/mol. The van der Waals surface area contributed by atoms with Gasteiger partial charge in [0, 0.05) is 38.3 Å². The van der Waals surface area contributed by atoms with Gasteiger partial charge in [-0.1, -0.05) is 6.07 Å². The zero-order valence-corrected chi connectivity index (χ0v) is 15.0. The molecule has 1 aromatic carbocycles. The van der Waals surface area contributed by atoms with Gasteiger partial charge in [-0.3, -0.25) is 14.5 Å². The van der Waals surface area contributed by atoms with E-state index in [1.807, 2.05) is 39.0 Å². The number of hydrogen-bond acceptors (Lipinski definition) is 5. The first-order valence-electron chi connectivity index (χ1n) is 8.54. The number of carbonyl (C=O) groups excluding carboxylic acids is 2. The Labute approximate surface area is 147 Å². The molecule has 0 aliphatic carbocycles. The van der Waals surface area contributed by atoms with Gasteiger partial charge in [0.15, 0.2) is 11.5 Å². The molecule has 0 unspecified atom stereocenters. The third-order valence-electron chi connectivity index (χ3n) is 4.19. The van der Waals surface area contributed by atoms with E-state index in [0.29, 0.717) is 13.1 Å². The summed E-state index contributed by atoms with van der Waals surface area (Å²) < 4.78 is 10.7. The number of hydrogen-bond donors (Lipinski definition) is 1. The molecule has 7 heteroatoms. The minimum atomic E-state index is -0.531. The summed E-state index contributed by atoms with van der Waals surface area (Å²) in [4.78, 5) is 28.1. The van der Waals surface area contributed by atoms with Gasteiger partial charge in [0.25, 0.3) is 0 Å². The van der Waals surface area contributed by atoms with Crippen LogP contribution in [0, 0.1) is 0 Å². The second kappa shape index (κ2) is 6.92. The zero-order chi connectivity index (χ0) is 18.0. The highest BCUT2D eigenvalue weighted by molar-refractivity contribution is 6.35. The lowest BCUT2D eigenvalue weighted by molar-refractivity contribution is -0.147. The third kappa shape index (κ3) is 4.42. The van der Waals surface area contributed by atoms with Crippen LogP contribution in [-0.2, 0) is 16.1 Å². The molecule has 2 aliphatic heterocycles. The number of rotatable bonds is 2. The van der Waals surface area contributed by atoms with E-state index < -0.39 is 17.4 Å². The molecular formula is C18H25N3O4. The lowest BCUT2D eigenvalue weighted by Crippen LogP contribution is -2.54. The minimum Gasteiger partial charge on any atom is -0.454 e. The molecule has 0 bridgehead atoms.